The van der Waals surface area contributed by atoms with E-state index in [1.165, 1.54) is 0 Å². The molecule has 0 fully saturated rings. The zero-order valence-corrected chi connectivity index (χ0v) is 37.1. The van der Waals surface area contributed by atoms with Gasteiger partial charge >= 0.3 is 95.8 Å². The van der Waals surface area contributed by atoms with Crippen molar-refractivity contribution in [3.63, 3.8) is 0 Å². The van der Waals surface area contributed by atoms with Gasteiger partial charge in [0.2, 0.25) is 0 Å². The molecule has 0 spiro atoms. The first-order valence-corrected chi connectivity index (χ1v) is 19.5. The molecule has 0 aliphatic rings. The van der Waals surface area contributed by atoms with Crippen LogP contribution in [0.3, 0.4) is 0 Å². The molecule has 0 saturated heterocycles. The topological polar surface area (TPSA) is 539 Å². The van der Waals surface area contributed by atoms with Gasteiger partial charge in [0.1, 0.15) is 24.2 Å². The molecule has 0 bridgehead atoms. The molecule has 398 valence electrons. The Kier molecular flexibility index (Phi) is 29.5. The van der Waals surface area contributed by atoms with Crippen molar-refractivity contribution in [2.24, 2.45) is 22.9 Å². The number of esters is 3. The number of carbonyl (C=O) groups excluding carboxylic acids is 15. The smallest absolute Gasteiger partial charge is 0.436 e. The molecular formula is C35H46N4O32. The molecule has 0 heterocycles. The molecule has 0 amide bonds. The summed E-state index contributed by atoms with van der Waals surface area (Å²) in [6, 6.07) is -6.73. The van der Waals surface area contributed by atoms with E-state index in [0.717, 1.165) is 20.8 Å². The molecule has 36 nitrogen and oxygen atoms in total. The van der Waals surface area contributed by atoms with Crippen LogP contribution in [0.25, 0.3) is 0 Å². The van der Waals surface area contributed by atoms with Crippen LogP contribution in [0.15, 0.2) is 0 Å². The molecule has 0 aromatic carbocycles. The van der Waals surface area contributed by atoms with E-state index in [2.05, 4.69) is 72.9 Å². The van der Waals surface area contributed by atoms with Gasteiger partial charge in [0.25, 0.3) is 0 Å². The Morgan fingerprint density at radius 3 is 1.08 bits per heavy atom. The Hall–Kier alpha value is -8.19. The number of ether oxygens (including phenoxy) is 3. The highest BCUT2D eigenvalue weighted by Crippen LogP contribution is 2.09. The van der Waals surface area contributed by atoms with E-state index in [1.54, 1.807) is 0 Å². The van der Waals surface area contributed by atoms with Gasteiger partial charge in [-0.3, -0.25) is 14.4 Å². The van der Waals surface area contributed by atoms with E-state index in [1.807, 2.05) is 0 Å². The van der Waals surface area contributed by atoms with Crippen LogP contribution in [0, 0.1) is 0 Å². The third kappa shape index (κ3) is 29.3. The van der Waals surface area contributed by atoms with Gasteiger partial charge in [-0.15, -0.1) is 0 Å². The number of aliphatic hydroxyl groups excluding tert-OH is 2. The summed E-state index contributed by atoms with van der Waals surface area (Å²) in [6.45, 7) is 1.95. The number of hydrogen-bond donors (Lipinski definition) is 6. The molecule has 0 aromatic heterocycles. The van der Waals surface area contributed by atoms with Crippen molar-refractivity contribution in [3.8, 4) is 0 Å². The SMILES string of the molecule is CC(N)C(=O)OC(OC(=O)[C@H](N)CCC(=O)OOC(=O)C(N)CC(=O)OOC(=O)CC[C@@H](N)C(=O)OCC(=O)OOC(=O)CCC(=O)OOC(=O)C(C)O)C(=O)OOC(=O)CCC(=O)OOC(=O)C(C)O. The zero-order chi connectivity index (χ0) is 54.4. The van der Waals surface area contributed by atoms with Gasteiger partial charge < -0.3 is 47.4 Å². The molecule has 0 aliphatic heterocycles. The van der Waals surface area contributed by atoms with Crippen molar-refractivity contribution in [3.05, 3.63) is 0 Å². The van der Waals surface area contributed by atoms with Crippen LogP contribution in [-0.2, 0) is 145 Å². The second-order valence-corrected chi connectivity index (χ2v) is 13.3. The fraction of sp³-hybridized carbons (Fsp3) is 0.571. The van der Waals surface area contributed by atoms with Gasteiger partial charge in [0.15, 0.2) is 18.8 Å². The van der Waals surface area contributed by atoms with E-state index in [0.29, 0.717) is 0 Å². The van der Waals surface area contributed by atoms with Gasteiger partial charge in [-0.2, -0.15) is 0 Å². The third-order valence-corrected chi connectivity index (χ3v) is 7.03. The molecule has 36 heteroatoms. The van der Waals surface area contributed by atoms with Gasteiger partial charge in [-0.25, -0.2) is 116 Å². The number of aliphatic hydroxyl groups is 2. The predicted octanol–water partition coefficient (Wildman–Crippen LogP) is -6.45. The summed E-state index contributed by atoms with van der Waals surface area (Å²) in [5.41, 5.74) is 21.9. The number of nitrogens with two attached hydrogens (primary N) is 4. The van der Waals surface area contributed by atoms with Crippen LogP contribution < -0.4 is 22.9 Å². The maximum atomic E-state index is 12.5. The molecular weight excluding hydrogens is 988 g/mol. The summed E-state index contributed by atoms with van der Waals surface area (Å²) in [6.07, 6.45) is -12.8. The first-order chi connectivity index (χ1) is 33.1. The lowest BCUT2D eigenvalue weighted by Gasteiger charge is -2.19. The normalized spacial score (nSPS) is 13.3. The molecule has 0 aliphatic carbocycles. The number of carbonyl (C=O) groups is 15. The van der Waals surface area contributed by atoms with Crippen molar-refractivity contribution in [2.75, 3.05) is 6.61 Å². The molecule has 5 unspecified atom stereocenters. The summed E-state index contributed by atoms with van der Waals surface area (Å²) in [7, 11) is 0. The minimum Gasteiger partial charge on any atom is -0.452 e. The summed E-state index contributed by atoms with van der Waals surface area (Å²) in [4.78, 5) is 226. The Balaban J connectivity index is 4.63. The van der Waals surface area contributed by atoms with E-state index >= 15 is 0 Å². The maximum absolute atomic E-state index is 12.5. The van der Waals surface area contributed by atoms with Crippen molar-refractivity contribution < 1.29 is 155 Å². The van der Waals surface area contributed by atoms with Crippen LogP contribution in [0.1, 0.15) is 78.6 Å². The van der Waals surface area contributed by atoms with E-state index in [9.17, 15) is 71.9 Å². The predicted molar refractivity (Wildman–Crippen MR) is 203 cm³/mol. The summed E-state index contributed by atoms with van der Waals surface area (Å²) in [5, 5.41) is 17.9. The van der Waals surface area contributed by atoms with E-state index in [4.69, 9.17) is 33.1 Å². The zero-order valence-electron chi connectivity index (χ0n) is 37.1. The van der Waals surface area contributed by atoms with Crippen LogP contribution >= 0.6 is 0 Å². The first-order valence-electron chi connectivity index (χ1n) is 19.5. The van der Waals surface area contributed by atoms with Crippen molar-refractivity contribution in [1.29, 1.82) is 0 Å². The van der Waals surface area contributed by atoms with Crippen molar-refractivity contribution in [1.82, 2.24) is 0 Å². The van der Waals surface area contributed by atoms with Crippen LogP contribution in [0.2, 0.25) is 0 Å². The highest BCUT2D eigenvalue weighted by molar-refractivity contribution is 5.86. The quantitative estimate of drug-likeness (QED) is 0.0214. The Morgan fingerprint density at radius 2 is 0.676 bits per heavy atom. The second-order valence-electron chi connectivity index (χ2n) is 13.3. The molecule has 71 heavy (non-hydrogen) atoms. The Morgan fingerprint density at radius 1 is 0.352 bits per heavy atom. The van der Waals surface area contributed by atoms with Gasteiger partial charge in [-0.1, -0.05) is 0 Å². The highest BCUT2D eigenvalue weighted by atomic mass is 17.2. The van der Waals surface area contributed by atoms with Crippen LogP contribution in [0.4, 0.5) is 0 Å². The van der Waals surface area contributed by atoms with E-state index < -0.39 is 197 Å². The maximum Gasteiger partial charge on any atom is 0.436 e. The Labute approximate surface area is 395 Å². The van der Waals surface area contributed by atoms with Gasteiger partial charge in [0.05, 0.1) is 44.9 Å². The summed E-state index contributed by atoms with van der Waals surface area (Å²) >= 11 is 0. The molecule has 0 saturated carbocycles. The van der Waals surface area contributed by atoms with E-state index in [-0.39, 0.29) is 0 Å². The minimum absolute atomic E-state index is 0.524. The number of hydrogen-bond acceptors (Lipinski definition) is 36. The fourth-order valence-electron chi connectivity index (χ4n) is 3.30. The monoisotopic (exact) mass is 1030 g/mol. The standard InChI is InChI=1S/C35H46N4O32/c1-14(36)28(50)58-35(34(56)71-65-25(47)11-10-24(46)63-69-30(52)16(3)41)59-32(54)18(38)5-7-21(43)64-70-33(55)19(39)12-26(48)66-60-20(42)6-4-17(37)31(53)57-13-27(49)67-61-22(44)8-9-23(45)62-68-29(51)15(2)40/h14-19,35,40-41H,4-13,36-39H2,1-3H3/t14?,15?,16?,17-,18-,19?,35?/m1/s1. The molecule has 10 N–H and O–H groups in total. The lowest BCUT2D eigenvalue weighted by Crippen LogP contribution is -2.43. The third-order valence-electron chi connectivity index (χ3n) is 7.03. The molecule has 0 radical (unpaired) electrons. The largest absolute Gasteiger partial charge is 0.452 e. The molecule has 0 aromatic rings. The first kappa shape index (κ1) is 62.8. The van der Waals surface area contributed by atoms with Crippen LogP contribution in [0.5, 0.6) is 0 Å². The van der Waals surface area contributed by atoms with Gasteiger partial charge in [-0.05, 0) is 33.6 Å². The average Bonchev–Trinajstić information content (AvgIpc) is 3.32. The summed E-state index contributed by atoms with van der Waals surface area (Å²) < 4.78 is 13.8. The Bertz CT molecular complexity index is 1950. The molecule has 7 atom stereocenters. The highest BCUT2D eigenvalue weighted by Gasteiger charge is 2.34. The van der Waals surface area contributed by atoms with Crippen molar-refractivity contribution in [2.45, 2.75) is 121 Å². The fourth-order valence-corrected chi connectivity index (χ4v) is 3.30. The minimum atomic E-state index is -2.62. The van der Waals surface area contributed by atoms with Gasteiger partial charge in [0, 0.05) is 0 Å². The van der Waals surface area contributed by atoms with Crippen molar-refractivity contribution >= 4 is 89.5 Å². The lowest BCUT2D eigenvalue weighted by molar-refractivity contribution is -0.277. The van der Waals surface area contributed by atoms with Crippen LogP contribution in [-0.4, -0.2) is 149 Å². The number of rotatable bonds is 25. The summed E-state index contributed by atoms with van der Waals surface area (Å²) in [5.74, 6) is -21.1. The molecule has 0 rings (SSSR count). The average molecular weight is 1030 g/mol. The second kappa shape index (κ2) is 33.3. The lowest BCUT2D eigenvalue weighted by atomic mass is 10.2.